The molecule has 0 amide bonds. The van der Waals surface area contributed by atoms with E-state index >= 15 is 0 Å². The molecule has 0 aliphatic rings. The summed E-state index contributed by atoms with van der Waals surface area (Å²) in [6.07, 6.45) is 5.44. The average molecular weight is 348 g/mol. The third-order valence-corrected chi connectivity index (χ3v) is 4.02. The highest BCUT2D eigenvalue weighted by atomic mass is 15.4. The van der Waals surface area contributed by atoms with Gasteiger partial charge in [0, 0.05) is 44.8 Å². The molecule has 0 bridgehead atoms. The van der Waals surface area contributed by atoms with Crippen LogP contribution in [-0.2, 0) is 19.6 Å². The molecule has 0 fully saturated rings. The zero-order chi connectivity index (χ0) is 18.0. The molecule has 0 saturated carbocycles. The smallest absolute Gasteiger partial charge is 0.0558 e. The lowest BCUT2D eigenvalue weighted by Gasteiger charge is -2.24. The minimum absolute atomic E-state index is 0.627. The Morgan fingerprint density at radius 2 is 1.08 bits per heavy atom. The van der Waals surface area contributed by atoms with Crippen molar-refractivity contribution in [2.75, 3.05) is 13.1 Å². The quantitative estimate of drug-likeness (QED) is 0.472. The van der Waals surface area contributed by atoms with Crippen LogP contribution in [0, 0.1) is 0 Å². The normalized spacial score (nSPS) is 11.2. The van der Waals surface area contributed by atoms with Gasteiger partial charge in [-0.2, -0.15) is 0 Å². The monoisotopic (exact) mass is 348 g/mol. The minimum atomic E-state index is 0.627. The summed E-state index contributed by atoms with van der Waals surface area (Å²) in [5.41, 5.74) is 3.05. The van der Waals surface area contributed by atoms with E-state index in [0.29, 0.717) is 6.54 Å². The van der Waals surface area contributed by atoms with Crippen LogP contribution in [0.25, 0.3) is 0 Å². The molecule has 6 heteroatoms. The molecule has 0 atom stereocenters. The van der Waals surface area contributed by atoms with Crippen LogP contribution in [0.2, 0.25) is 0 Å². The standard InChI is InChI=1S/C20H24N6/c21-26(17-20-9-3-6-12-24-20)14-13-25(15-18-7-1-4-10-22-18)16-19-8-2-5-11-23-19/h1-12H,13-17,21H2. The van der Waals surface area contributed by atoms with Gasteiger partial charge in [0.1, 0.15) is 0 Å². The van der Waals surface area contributed by atoms with Crippen LogP contribution >= 0.6 is 0 Å². The fourth-order valence-electron chi connectivity index (χ4n) is 2.70. The van der Waals surface area contributed by atoms with Crippen LogP contribution in [0.4, 0.5) is 0 Å². The van der Waals surface area contributed by atoms with Crippen molar-refractivity contribution >= 4 is 0 Å². The van der Waals surface area contributed by atoms with Crippen molar-refractivity contribution in [1.82, 2.24) is 24.9 Å². The molecule has 0 aromatic carbocycles. The number of hydrogen-bond acceptors (Lipinski definition) is 6. The van der Waals surface area contributed by atoms with Gasteiger partial charge in [-0.3, -0.25) is 25.7 Å². The van der Waals surface area contributed by atoms with E-state index in [1.54, 1.807) is 11.2 Å². The molecule has 26 heavy (non-hydrogen) atoms. The number of nitrogens with zero attached hydrogens (tertiary/aromatic N) is 5. The van der Waals surface area contributed by atoms with E-state index < -0.39 is 0 Å². The number of rotatable bonds is 9. The van der Waals surface area contributed by atoms with Gasteiger partial charge in [0.25, 0.3) is 0 Å². The largest absolute Gasteiger partial charge is 0.290 e. The van der Waals surface area contributed by atoms with Gasteiger partial charge in [-0.05, 0) is 36.4 Å². The van der Waals surface area contributed by atoms with Gasteiger partial charge in [-0.25, -0.2) is 5.01 Å². The third-order valence-electron chi connectivity index (χ3n) is 4.02. The minimum Gasteiger partial charge on any atom is -0.290 e. The predicted octanol–water partition coefficient (Wildman–Crippen LogP) is 2.25. The molecule has 2 N–H and O–H groups in total. The van der Waals surface area contributed by atoms with Crippen LogP contribution in [0.1, 0.15) is 17.1 Å². The van der Waals surface area contributed by atoms with E-state index in [2.05, 4.69) is 19.9 Å². The SMILES string of the molecule is NN(CCN(Cc1ccccn1)Cc1ccccn1)Cc1ccccn1. The highest BCUT2D eigenvalue weighted by molar-refractivity contribution is 5.06. The Morgan fingerprint density at radius 3 is 1.50 bits per heavy atom. The summed E-state index contributed by atoms with van der Waals surface area (Å²) in [4.78, 5) is 15.5. The highest BCUT2D eigenvalue weighted by Crippen LogP contribution is 2.07. The van der Waals surface area contributed by atoms with E-state index in [1.165, 1.54) is 0 Å². The van der Waals surface area contributed by atoms with Crippen LogP contribution in [0.15, 0.2) is 73.2 Å². The third kappa shape index (κ3) is 6.00. The van der Waals surface area contributed by atoms with Crippen LogP contribution in [0.3, 0.4) is 0 Å². The maximum Gasteiger partial charge on any atom is 0.0558 e. The van der Waals surface area contributed by atoms with Crippen molar-refractivity contribution in [2.24, 2.45) is 5.84 Å². The molecule has 0 radical (unpaired) electrons. The summed E-state index contributed by atoms with van der Waals surface area (Å²) < 4.78 is 0. The first kappa shape index (κ1) is 18.1. The Balaban J connectivity index is 1.59. The Morgan fingerprint density at radius 1 is 0.615 bits per heavy atom. The summed E-state index contributed by atoms with van der Waals surface area (Å²) in [5.74, 6) is 6.18. The van der Waals surface area contributed by atoms with Crippen molar-refractivity contribution < 1.29 is 0 Å². The molecule has 0 aliphatic carbocycles. The molecular formula is C20H24N6. The molecule has 3 aromatic rings. The Bertz CT molecular complexity index is 710. The topological polar surface area (TPSA) is 71.2 Å². The summed E-state index contributed by atoms with van der Waals surface area (Å²) in [7, 11) is 0. The first-order valence-electron chi connectivity index (χ1n) is 8.71. The van der Waals surface area contributed by atoms with Gasteiger partial charge in [-0.15, -0.1) is 0 Å². The predicted molar refractivity (Wildman–Crippen MR) is 101 cm³/mol. The summed E-state index contributed by atoms with van der Waals surface area (Å²) >= 11 is 0. The van der Waals surface area contributed by atoms with Crippen molar-refractivity contribution in [3.8, 4) is 0 Å². The first-order valence-corrected chi connectivity index (χ1v) is 8.71. The van der Waals surface area contributed by atoms with Gasteiger partial charge in [0.15, 0.2) is 0 Å². The summed E-state index contributed by atoms with van der Waals surface area (Å²) in [6.45, 7) is 3.69. The number of nitrogens with two attached hydrogens (primary N) is 1. The van der Waals surface area contributed by atoms with E-state index in [0.717, 1.165) is 43.3 Å². The fourth-order valence-corrected chi connectivity index (χ4v) is 2.70. The van der Waals surface area contributed by atoms with E-state index in [4.69, 9.17) is 5.84 Å². The van der Waals surface area contributed by atoms with Gasteiger partial charge in [0.2, 0.25) is 0 Å². The van der Waals surface area contributed by atoms with Gasteiger partial charge in [-0.1, -0.05) is 18.2 Å². The molecule has 6 nitrogen and oxygen atoms in total. The maximum atomic E-state index is 6.18. The highest BCUT2D eigenvalue weighted by Gasteiger charge is 2.11. The molecule has 0 spiro atoms. The second kappa shape index (κ2) is 9.72. The van der Waals surface area contributed by atoms with Crippen LogP contribution in [0.5, 0.6) is 0 Å². The Labute approximate surface area is 154 Å². The fraction of sp³-hybridized carbons (Fsp3) is 0.250. The van der Waals surface area contributed by atoms with Crippen molar-refractivity contribution in [3.05, 3.63) is 90.3 Å². The first-order chi connectivity index (χ1) is 12.8. The molecular weight excluding hydrogens is 324 g/mol. The molecule has 0 saturated heterocycles. The molecule has 3 aromatic heterocycles. The molecule has 0 unspecified atom stereocenters. The van der Waals surface area contributed by atoms with Gasteiger partial charge in [0.05, 0.1) is 23.6 Å². The van der Waals surface area contributed by atoms with Crippen molar-refractivity contribution in [1.29, 1.82) is 0 Å². The van der Waals surface area contributed by atoms with E-state index in [9.17, 15) is 0 Å². The zero-order valence-corrected chi connectivity index (χ0v) is 14.8. The van der Waals surface area contributed by atoms with Crippen LogP contribution in [-0.4, -0.2) is 38.0 Å². The lowest BCUT2D eigenvalue weighted by molar-refractivity contribution is 0.186. The molecule has 134 valence electrons. The number of pyridine rings is 3. The van der Waals surface area contributed by atoms with E-state index in [-0.39, 0.29) is 0 Å². The second-order valence-corrected chi connectivity index (χ2v) is 6.14. The number of hydrogen-bond donors (Lipinski definition) is 1. The van der Waals surface area contributed by atoms with Crippen molar-refractivity contribution in [2.45, 2.75) is 19.6 Å². The van der Waals surface area contributed by atoms with Crippen LogP contribution < -0.4 is 5.84 Å². The average Bonchev–Trinajstić information content (AvgIpc) is 2.68. The molecule has 3 heterocycles. The van der Waals surface area contributed by atoms with Gasteiger partial charge >= 0.3 is 0 Å². The zero-order valence-electron chi connectivity index (χ0n) is 14.8. The summed E-state index contributed by atoms with van der Waals surface area (Å²) in [6, 6.07) is 17.8. The lowest BCUT2D eigenvalue weighted by Crippen LogP contribution is -2.38. The number of aromatic nitrogens is 3. The lowest BCUT2D eigenvalue weighted by atomic mass is 10.3. The summed E-state index contributed by atoms with van der Waals surface area (Å²) in [5, 5.41) is 1.80. The van der Waals surface area contributed by atoms with Gasteiger partial charge < -0.3 is 0 Å². The second-order valence-electron chi connectivity index (χ2n) is 6.14. The maximum absolute atomic E-state index is 6.18. The number of hydrazine groups is 1. The van der Waals surface area contributed by atoms with E-state index in [1.807, 2.05) is 67.0 Å². The van der Waals surface area contributed by atoms with Crippen molar-refractivity contribution in [3.63, 3.8) is 0 Å². The molecule has 0 aliphatic heterocycles. The molecule has 3 rings (SSSR count). The Hall–Kier alpha value is -2.67. The Kier molecular flexibility index (Phi) is 6.78.